The van der Waals surface area contributed by atoms with E-state index in [0.29, 0.717) is 12.6 Å². The van der Waals surface area contributed by atoms with Crippen LogP contribution in [0.1, 0.15) is 23.9 Å². The van der Waals surface area contributed by atoms with Gasteiger partial charge in [0.2, 0.25) is 0 Å². The van der Waals surface area contributed by atoms with Gasteiger partial charge in [-0.2, -0.15) is 0 Å². The number of hydrogen-bond acceptors (Lipinski definition) is 3. The van der Waals surface area contributed by atoms with Crippen LogP contribution in [0.15, 0.2) is 53.0 Å². The Morgan fingerprint density at radius 3 is 2.88 bits per heavy atom. The Balaban J connectivity index is 1.48. The Morgan fingerprint density at radius 2 is 2.04 bits per heavy atom. The van der Waals surface area contributed by atoms with Crippen molar-refractivity contribution >= 4 is 49.1 Å². The van der Waals surface area contributed by atoms with Crippen molar-refractivity contribution in [3.05, 3.63) is 58.0 Å². The smallest absolute Gasteiger partial charge is 0.279 e. The maximum absolute atomic E-state index is 12.5. The number of thiazole rings is 1. The molecule has 2 atom stereocenters. The molecule has 1 aromatic heterocycles. The van der Waals surface area contributed by atoms with Gasteiger partial charge < -0.3 is 10.2 Å². The van der Waals surface area contributed by atoms with E-state index in [-0.39, 0.29) is 5.91 Å². The third-order valence-electron chi connectivity index (χ3n) is 4.63. The number of likely N-dealkylation sites (tertiary alicyclic amines) is 1. The van der Waals surface area contributed by atoms with Crippen molar-refractivity contribution in [3.63, 3.8) is 0 Å². The summed E-state index contributed by atoms with van der Waals surface area (Å²) in [5, 5.41) is 4.17. The molecular weight excluding hydrogens is 398 g/mol. The third-order valence-corrected chi connectivity index (χ3v) is 6.47. The zero-order valence-corrected chi connectivity index (χ0v) is 16.1. The van der Waals surface area contributed by atoms with Gasteiger partial charge in [0.1, 0.15) is 6.04 Å². The number of carbonyl (C=O) groups excluding carboxylic acids is 1. The van der Waals surface area contributed by atoms with Gasteiger partial charge in [0.25, 0.3) is 5.91 Å². The van der Waals surface area contributed by atoms with Crippen molar-refractivity contribution in [2.75, 3.05) is 18.4 Å². The molecule has 2 N–H and O–H groups in total. The molecule has 128 valence electrons. The van der Waals surface area contributed by atoms with Crippen LogP contribution in [0.5, 0.6) is 0 Å². The summed E-state index contributed by atoms with van der Waals surface area (Å²) in [5.74, 6) is 0.0508. The van der Waals surface area contributed by atoms with Crippen molar-refractivity contribution in [2.45, 2.75) is 18.9 Å². The van der Waals surface area contributed by atoms with E-state index in [0.717, 1.165) is 40.1 Å². The quantitative estimate of drug-likeness (QED) is 0.684. The predicted molar refractivity (Wildman–Crippen MR) is 105 cm³/mol. The summed E-state index contributed by atoms with van der Waals surface area (Å²) in [5.41, 5.74) is 1.88. The lowest BCUT2D eigenvalue weighted by atomic mass is 10.2. The molecule has 1 aliphatic heterocycles. The first-order valence-electron chi connectivity index (χ1n) is 8.45. The first-order chi connectivity index (χ1) is 12.2. The second-order valence-electron chi connectivity index (χ2n) is 6.33. The SMILES string of the molecule is O=C(C[NH+]1CCC[C@H]1c1nc2ccccc2s1)Nc1ccccc1Br. The van der Waals surface area contributed by atoms with Gasteiger partial charge in [0.15, 0.2) is 11.6 Å². The number of fused-ring (bicyclic) bond motifs is 1. The number of anilines is 1. The lowest BCUT2D eigenvalue weighted by molar-refractivity contribution is -0.910. The molecule has 4 nitrogen and oxygen atoms in total. The highest BCUT2D eigenvalue weighted by Crippen LogP contribution is 2.28. The van der Waals surface area contributed by atoms with Gasteiger partial charge in [0, 0.05) is 17.3 Å². The predicted octanol–water partition coefficient (Wildman–Crippen LogP) is 3.42. The number of quaternary nitrogens is 1. The maximum Gasteiger partial charge on any atom is 0.279 e. The van der Waals surface area contributed by atoms with Gasteiger partial charge in [0.05, 0.1) is 22.4 Å². The Kier molecular flexibility index (Phi) is 4.83. The second kappa shape index (κ2) is 7.23. The molecule has 4 rings (SSSR count). The van der Waals surface area contributed by atoms with E-state index < -0.39 is 0 Å². The lowest BCUT2D eigenvalue weighted by Gasteiger charge is -2.19. The van der Waals surface area contributed by atoms with Crippen LogP contribution in [0.3, 0.4) is 0 Å². The molecule has 0 spiro atoms. The first kappa shape index (κ1) is 16.7. The third kappa shape index (κ3) is 3.61. The van der Waals surface area contributed by atoms with Crippen molar-refractivity contribution in [1.29, 1.82) is 0 Å². The van der Waals surface area contributed by atoms with Crippen LogP contribution in [0.4, 0.5) is 5.69 Å². The van der Waals surface area contributed by atoms with Crippen LogP contribution in [-0.4, -0.2) is 24.0 Å². The monoisotopic (exact) mass is 416 g/mol. The van der Waals surface area contributed by atoms with Crippen molar-refractivity contribution in [3.8, 4) is 0 Å². The van der Waals surface area contributed by atoms with E-state index in [4.69, 9.17) is 4.98 Å². The Labute approximate surface area is 159 Å². The Hall–Kier alpha value is -1.76. The number of benzene rings is 2. The summed E-state index contributed by atoms with van der Waals surface area (Å²) in [7, 11) is 0. The Morgan fingerprint density at radius 1 is 1.24 bits per heavy atom. The molecule has 1 aliphatic rings. The molecule has 2 aromatic carbocycles. The molecule has 0 saturated carbocycles. The van der Waals surface area contributed by atoms with Gasteiger partial charge in [-0.1, -0.05) is 24.3 Å². The highest BCUT2D eigenvalue weighted by atomic mass is 79.9. The molecule has 1 amide bonds. The maximum atomic E-state index is 12.5. The lowest BCUT2D eigenvalue weighted by Crippen LogP contribution is -3.11. The summed E-state index contributed by atoms with van der Waals surface area (Å²) >= 11 is 5.24. The fourth-order valence-electron chi connectivity index (χ4n) is 3.42. The number of amides is 1. The fourth-order valence-corrected chi connectivity index (χ4v) is 4.97. The summed E-state index contributed by atoms with van der Waals surface area (Å²) in [6, 6.07) is 16.3. The minimum atomic E-state index is 0.0508. The number of hydrogen-bond donors (Lipinski definition) is 2. The molecule has 3 aromatic rings. The van der Waals surface area contributed by atoms with Gasteiger partial charge in [-0.25, -0.2) is 4.98 Å². The van der Waals surface area contributed by atoms with Gasteiger partial charge in [-0.15, -0.1) is 11.3 Å². The molecule has 1 fully saturated rings. The molecule has 6 heteroatoms. The van der Waals surface area contributed by atoms with Gasteiger partial charge in [-0.3, -0.25) is 4.79 Å². The zero-order valence-electron chi connectivity index (χ0n) is 13.7. The minimum absolute atomic E-state index is 0.0508. The summed E-state index contributed by atoms with van der Waals surface area (Å²) in [6.45, 7) is 1.49. The van der Waals surface area contributed by atoms with Crippen LogP contribution in [0.25, 0.3) is 10.2 Å². The van der Waals surface area contributed by atoms with Crippen LogP contribution < -0.4 is 10.2 Å². The highest BCUT2D eigenvalue weighted by molar-refractivity contribution is 9.10. The van der Waals surface area contributed by atoms with Crippen LogP contribution >= 0.6 is 27.3 Å². The number of aromatic nitrogens is 1. The van der Waals surface area contributed by atoms with Gasteiger partial charge >= 0.3 is 0 Å². The molecular formula is C19H19BrN3OS+. The Bertz CT molecular complexity index is 877. The normalized spacial score (nSPS) is 20.0. The summed E-state index contributed by atoms with van der Waals surface area (Å²) in [6.07, 6.45) is 2.23. The standard InChI is InChI=1S/C19H18BrN3OS/c20-13-6-1-2-7-14(13)21-18(24)12-23-11-5-9-16(23)19-22-15-8-3-4-10-17(15)25-19/h1-4,6-8,10,16H,5,9,11-12H2,(H,21,24)/p+1/t16-/m0/s1. The van der Waals surface area contributed by atoms with Crippen LogP contribution in [-0.2, 0) is 4.79 Å². The average molecular weight is 417 g/mol. The first-order valence-corrected chi connectivity index (χ1v) is 10.1. The van der Waals surface area contributed by atoms with E-state index in [1.807, 2.05) is 30.3 Å². The molecule has 2 heterocycles. The number of rotatable bonds is 4. The molecule has 0 bridgehead atoms. The number of nitrogens with zero attached hydrogens (tertiary/aromatic N) is 1. The fraction of sp³-hybridized carbons (Fsp3) is 0.263. The molecule has 1 unspecified atom stereocenters. The summed E-state index contributed by atoms with van der Waals surface area (Å²) in [4.78, 5) is 18.6. The van der Waals surface area contributed by atoms with E-state index in [1.54, 1.807) is 11.3 Å². The van der Waals surface area contributed by atoms with E-state index in [2.05, 4.69) is 39.4 Å². The number of carbonyl (C=O) groups is 1. The number of para-hydroxylation sites is 2. The van der Waals surface area contributed by atoms with E-state index in [1.165, 1.54) is 9.60 Å². The topological polar surface area (TPSA) is 46.4 Å². The average Bonchev–Trinajstić information content (AvgIpc) is 3.23. The van der Waals surface area contributed by atoms with Gasteiger partial charge in [-0.05, 0) is 40.2 Å². The van der Waals surface area contributed by atoms with E-state index in [9.17, 15) is 4.79 Å². The van der Waals surface area contributed by atoms with Crippen molar-refractivity contribution < 1.29 is 9.69 Å². The number of halogens is 1. The van der Waals surface area contributed by atoms with E-state index >= 15 is 0 Å². The highest BCUT2D eigenvalue weighted by Gasteiger charge is 2.34. The second-order valence-corrected chi connectivity index (χ2v) is 8.24. The summed E-state index contributed by atoms with van der Waals surface area (Å²) < 4.78 is 2.13. The van der Waals surface area contributed by atoms with Crippen molar-refractivity contribution in [2.24, 2.45) is 0 Å². The zero-order chi connectivity index (χ0) is 17.2. The molecule has 1 saturated heterocycles. The van der Waals surface area contributed by atoms with Crippen molar-refractivity contribution in [1.82, 2.24) is 4.98 Å². The minimum Gasteiger partial charge on any atom is -0.320 e. The molecule has 25 heavy (non-hydrogen) atoms. The largest absolute Gasteiger partial charge is 0.320 e. The molecule has 0 aliphatic carbocycles. The number of nitrogens with one attached hydrogen (secondary N) is 2. The molecule has 0 radical (unpaired) electrons. The van der Waals surface area contributed by atoms with Crippen LogP contribution in [0, 0.1) is 0 Å². The van der Waals surface area contributed by atoms with Crippen LogP contribution in [0.2, 0.25) is 0 Å².